The van der Waals surface area contributed by atoms with E-state index in [0.29, 0.717) is 10.6 Å². The molecular weight excluding hydrogens is 291 g/mol. The molecule has 0 fully saturated rings. The van der Waals surface area contributed by atoms with Crippen LogP contribution in [0.2, 0.25) is 0 Å². The molecule has 1 unspecified atom stereocenters. The van der Waals surface area contributed by atoms with Gasteiger partial charge in [-0.25, -0.2) is 4.39 Å². The average molecular weight is 306 g/mol. The molecule has 0 saturated carbocycles. The zero-order chi connectivity index (χ0) is 15.4. The van der Waals surface area contributed by atoms with Gasteiger partial charge in [-0.1, -0.05) is 18.2 Å². The lowest BCUT2D eigenvalue weighted by molar-refractivity contribution is -0.113. The van der Waals surface area contributed by atoms with Crippen LogP contribution in [0.15, 0.2) is 47.4 Å². The highest BCUT2D eigenvalue weighted by atomic mass is 32.2. The Kier molecular flexibility index (Phi) is 4.70. The van der Waals surface area contributed by atoms with Crippen LogP contribution in [0.25, 0.3) is 0 Å². The van der Waals surface area contributed by atoms with Crippen molar-refractivity contribution in [3.8, 4) is 0 Å². The summed E-state index contributed by atoms with van der Waals surface area (Å²) in [4.78, 5) is 12.4. The molecule has 0 bridgehead atoms. The predicted molar refractivity (Wildman–Crippen MR) is 81.9 cm³/mol. The Labute approximate surface area is 124 Å². The minimum atomic E-state index is -1.53. The molecule has 2 rings (SSSR count). The van der Waals surface area contributed by atoms with Crippen molar-refractivity contribution >= 4 is 28.1 Å². The Balaban J connectivity index is 2.08. The van der Waals surface area contributed by atoms with Crippen LogP contribution in [-0.2, 0) is 15.6 Å². The maximum absolute atomic E-state index is 13.4. The summed E-state index contributed by atoms with van der Waals surface area (Å²) < 4.78 is 25.6. The molecule has 0 aliphatic rings. The van der Waals surface area contributed by atoms with E-state index < -0.39 is 22.5 Å². The van der Waals surface area contributed by atoms with E-state index in [2.05, 4.69) is 5.32 Å². The number of benzene rings is 2. The number of para-hydroxylation sites is 1. The summed E-state index contributed by atoms with van der Waals surface area (Å²) in [5.41, 5.74) is 7.01. The molecule has 3 N–H and O–H groups in total. The van der Waals surface area contributed by atoms with E-state index in [9.17, 15) is 13.4 Å². The molecule has 0 saturated heterocycles. The molecule has 0 heterocycles. The van der Waals surface area contributed by atoms with Crippen molar-refractivity contribution in [1.29, 1.82) is 0 Å². The molecule has 2 aromatic rings. The number of hydrogen-bond donors (Lipinski definition) is 2. The molecule has 21 heavy (non-hydrogen) atoms. The van der Waals surface area contributed by atoms with Crippen molar-refractivity contribution in [2.24, 2.45) is 0 Å². The standard InChI is InChI=1S/C15H15FN2O2S/c1-10-6-7-11(17)8-14(10)21(20)9-15(19)18-13-5-3-2-4-12(13)16/h2-8H,9,17H2,1H3,(H,18,19). The van der Waals surface area contributed by atoms with Gasteiger partial charge >= 0.3 is 0 Å². The van der Waals surface area contributed by atoms with Crippen LogP contribution in [-0.4, -0.2) is 15.9 Å². The van der Waals surface area contributed by atoms with Gasteiger partial charge in [0.05, 0.1) is 16.5 Å². The Morgan fingerprint density at radius 1 is 1.29 bits per heavy atom. The number of carbonyl (C=O) groups is 1. The van der Waals surface area contributed by atoms with Gasteiger partial charge in [-0.15, -0.1) is 0 Å². The molecular formula is C15H15FN2O2S. The van der Waals surface area contributed by atoms with Crippen LogP contribution in [0, 0.1) is 12.7 Å². The van der Waals surface area contributed by atoms with Crippen LogP contribution >= 0.6 is 0 Å². The summed E-state index contributed by atoms with van der Waals surface area (Å²) in [5, 5.41) is 2.41. The maximum atomic E-state index is 13.4. The number of rotatable bonds is 4. The van der Waals surface area contributed by atoms with Gasteiger partial charge in [-0.2, -0.15) is 0 Å². The zero-order valence-corrected chi connectivity index (χ0v) is 12.2. The quantitative estimate of drug-likeness (QED) is 0.852. The molecule has 4 nitrogen and oxygen atoms in total. The Morgan fingerprint density at radius 2 is 2.00 bits per heavy atom. The summed E-state index contributed by atoms with van der Waals surface area (Å²) in [6.07, 6.45) is 0. The fourth-order valence-corrected chi connectivity index (χ4v) is 2.97. The molecule has 2 aromatic carbocycles. The van der Waals surface area contributed by atoms with E-state index in [4.69, 9.17) is 5.73 Å². The van der Waals surface area contributed by atoms with Crippen LogP contribution in [0.5, 0.6) is 0 Å². The lowest BCUT2D eigenvalue weighted by Crippen LogP contribution is -2.20. The number of nitrogen functional groups attached to an aromatic ring is 1. The van der Waals surface area contributed by atoms with E-state index in [1.54, 1.807) is 31.2 Å². The molecule has 1 amide bonds. The summed E-state index contributed by atoms with van der Waals surface area (Å²) in [6, 6.07) is 10.9. The summed E-state index contributed by atoms with van der Waals surface area (Å²) in [7, 11) is -1.53. The molecule has 0 radical (unpaired) electrons. The zero-order valence-electron chi connectivity index (χ0n) is 11.4. The van der Waals surface area contributed by atoms with Crippen molar-refractivity contribution < 1.29 is 13.4 Å². The summed E-state index contributed by atoms with van der Waals surface area (Å²) >= 11 is 0. The van der Waals surface area contributed by atoms with Gasteiger partial charge in [0.25, 0.3) is 0 Å². The number of carbonyl (C=O) groups excluding carboxylic acids is 1. The lowest BCUT2D eigenvalue weighted by Gasteiger charge is -2.08. The second-order valence-electron chi connectivity index (χ2n) is 4.54. The molecule has 0 spiro atoms. The van der Waals surface area contributed by atoms with E-state index in [1.807, 2.05) is 0 Å². The molecule has 1 atom stereocenters. The smallest absolute Gasteiger partial charge is 0.237 e. The average Bonchev–Trinajstić information content (AvgIpc) is 2.44. The monoisotopic (exact) mass is 306 g/mol. The van der Waals surface area contributed by atoms with Crippen molar-refractivity contribution in [2.45, 2.75) is 11.8 Å². The SMILES string of the molecule is Cc1ccc(N)cc1S(=O)CC(=O)Nc1ccccc1F. The fourth-order valence-electron chi connectivity index (χ4n) is 1.81. The van der Waals surface area contributed by atoms with Gasteiger partial charge in [0.1, 0.15) is 11.6 Å². The second-order valence-corrected chi connectivity index (χ2v) is 5.96. The van der Waals surface area contributed by atoms with E-state index in [-0.39, 0.29) is 11.4 Å². The van der Waals surface area contributed by atoms with Crippen molar-refractivity contribution in [3.05, 3.63) is 53.8 Å². The van der Waals surface area contributed by atoms with Gasteiger partial charge in [-0.05, 0) is 36.8 Å². The van der Waals surface area contributed by atoms with Crippen molar-refractivity contribution in [1.82, 2.24) is 0 Å². The molecule has 0 aliphatic carbocycles. The van der Waals surface area contributed by atoms with E-state index >= 15 is 0 Å². The predicted octanol–water partition coefficient (Wildman–Crippen LogP) is 2.46. The van der Waals surface area contributed by atoms with Gasteiger partial charge in [0, 0.05) is 10.6 Å². The van der Waals surface area contributed by atoms with Crippen LogP contribution in [0.3, 0.4) is 0 Å². The molecule has 110 valence electrons. The Morgan fingerprint density at radius 3 is 2.71 bits per heavy atom. The fraction of sp³-hybridized carbons (Fsp3) is 0.133. The Hall–Kier alpha value is -2.21. The Bertz CT molecular complexity index is 704. The normalized spacial score (nSPS) is 11.9. The number of anilines is 2. The van der Waals surface area contributed by atoms with Gasteiger partial charge in [-0.3, -0.25) is 9.00 Å². The number of nitrogens with two attached hydrogens (primary N) is 1. The van der Waals surface area contributed by atoms with Crippen molar-refractivity contribution in [3.63, 3.8) is 0 Å². The van der Waals surface area contributed by atoms with E-state index in [1.165, 1.54) is 18.2 Å². The third-order valence-electron chi connectivity index (χ3n) is 2.87. The number of amides is 1. The maximum Gasteiger partial charge on any atom is 0.237 e. The van der Waals surface area contributed by atoms with Crippen LogP contribution in [0.1, 0.15) is 5.56 Å². The topological polar surface area (TPSA) is 72.2 Å². The number of nitrogens with one attached hydrogen (secondary N) is 1. The first-order valence-corrected chi connectivity index (χ1v) is 7.58. The summed E-state index contributed by atoms with van der Waals surface area (Å²) in [5.74, 6) is -1.30. The highest BCUT2D eigenvalue weighted by Crippen LogP contribution is 2.18. The minimum absolute atomic E-state index is 0.0730. The molecule has 0 aliphatic heterocycles. The second kappa shape index (κ2) is 6.49. The first-order valence-electron chi connectivity index (χ1n) is 6.26. The summed E-state index contributed by atoms with van der Waals surface area (Å²) in [6.45, 7) is 1.79. The van der Waals surface area contributed by atoms with Gasteiger partial charge < -0.3 is 11.1 Å². The number of hydrogen-bond acceptors (Lipinski definition) is 3. The van der Waals surface area contributed by atoms with Gasteiger partial charge in [0.2, 0.25) is 5.91 Å². The highest BCUT2D eigenvalue weighted by Gasteiger charge is 2.14. The largest absolute Gasteiger partial charge is 0.399 e. The van der Waals surface area contributed by atoms with Gasteiger partial charge in [0.15, 0.2) is 0 Å². The first-order chi connectivity index (χ1) is 9.97. The third-order valence-corrected chi connectivity index (χ3v) is 4.32. The van der Waals surface area contributed by atoms with Crippen LogP contribution in [0.4, 0.5) is 15.8 Å². The third kappa shape index (κ3) is 3.88. The lowest BCUT2D eigenvalue weighted by atomic mass is 10.2. The van der Waals surface area contributed by atoms with Crippen molar-refractivity contribution in [2.75, 3.05) is 16.8 Å². The van der Waals surface area contributed by atoms with E-state index in [0.717, 1.165) is 5.56 Å². The minimum Gasteiger partial charge on any atom is -0.399 e. The molecule has 6 heteroatoms. The number of aryl methyl sites for hydroxylation is 1. The molecule has 0 aromatic heterocycles. The highest BCUT2D eigenvalue weighted by molar-refractivity contribution is 7.85. The first kappa shape index (κ1) is 15.2. The van der Waals surface area contributed by atoms with Crippen LogP contribution < -0.4 is 11.1 Å². The number of halogens is 1.